The molecular formula is C33H25BPt. The molecule has 0 aromatic heterocycles. The minimum atomic E-state index is 0. The topological polar surface area (TPSA) is 0 Å². The summed E-state index contributed by atoms with van der Waals surface area (Å²) in [6.07, 6.45) is 0. The van der Waals surface area contributed by atoms with Crippen LogP contribution in [-0.4, -0.2) is 6.71 Å². The van der Waals surface area contributed by atoms with E-state index in [-0.39, 0.29) is 27.8 Å². The molecule has 0 saturated heterocycles. The molecule has 0 aliphatic carbocycles. The zero-order chi connectivity index (χ0) is 23.5. The first-order valence-electron chi connectivity index (χ1n) is 11.7. The average molecular weight is 627 g/mol. The van der Waals surface area contributed by atoms with E-state index in [1.165, 1.54) is 22.2 Å². The zero-order valence-electron chi connectivity index (χ0n) is 20.1. The Morgan fingerprint density at radius 1 is 0.543 bits per heavy atom. The fraction of sp³-hybridized carbons (Fsp3) is 0.0909. The number of rotatable bonds is 5. The Bertz CT molecular complexity index is 1320. The van der Waals surface area contributed by atoms with Gasteiger partial charge < -0.3 is 0 Å². The quantitative estimate of drug-likeness (QED) is 0.174. The SMILES string of the molecule is Cc1cc(C)c(B(c2[c-]c(-c3[c-]cccc3)ccc2)c2[c-]c(-c3[c-]cccc3)ccc2)c(C)c1.[Pt+4]. The molecule has 0 spiro atoms. The summed E-state index contributed by atoms with van der Waals surface area (Å²) in [6, 6.07) is 47.7. The molecule has 170 valence electrons. The average Bonchev–Trinajstić information content (AvgIpc) is 2.87. The standard InChI is InChI=1S/C33H25B.Pt/c1-24-20-25(2)33(26(3)21-24)34(31-18-10-16-29(22-31)27-12-6-4-7-13-27)32-19-11-17-30(23-32)28-14-8-5-9-15-28;/h4-12,14,16-21H,1-3H3;/q-4;+4. The summed E-state index contributed by atoms with van der Waals surface area (Å²) in [4.78, 5) is 0. The molecule has 0 N–H and O–H groups in total. The molecule has 0 atom stereocenters. The van der Waals surface area contributed by atoms with E-state index in [1.807, 2.05) is 36.4 Å². The van der Waals surface area contributed by atoms with Gasteiger partial charge in [-0.2, -0.15) is 95.9 Å². The van der Waals surface area contributed by atoms with Crippen molar-refractivity contribution in [2.24, 2.45) is 0 Å². The van der Waals surface area contributed by atoms with E-state index in [1.54, 1.807) is 0 Å². The van der Waals surface area contributed by atoms with Crippen molar-refractivity contribution in [2.45, 2.75) is 20.8 Å². The summed E-state index contributed by atoms with van der Waals surface area (Å²) >= 11 is 0. The number of benzene rings is 5. The summed E-state index contributed by atoms with van der Waals surface area (Å²) in [6.45, 7) is 6.61. The van der Waals surface area contributed by atoms with Gasteiger partial charge in [-0.15, -0.1) is 24.3 Å². The van der Waals surface area contributed by atoms with Crippen molar-refractivity contribution in [1.29, 1.82) is 0 Å². The molecule has 5 rings (SSSR count). The minimum Gasteiger partial charge on any atom is -0.227 e. The van der Waals surface area contributed by atoms with Gasteiger partial charge in [0.05, 0.1) is 0 Å². The van der Waals surface area contributed by atoms with Crippen molar-refractivity contribution in [3.63, 3.8) is 0 Å². The van der Waals surface area contributed by atoms with Crippen molar-refractivity contribution in [3.05, 3.63) is 138 Å². The first-order valence-corrected chi connectivity index (χ1v) is 11.7. The maximum absolute atomic E-state index is 3.73. The maximum atomic E-state index is 3.73. The summed E-state index contributed by atoms with van der Waals surface area (Å²) < 4.78 is 0. The van der Waals surface area contributed by atoms with Gasteiger partial charge in [0.15, 0.2) is 0 Å². The minimum absolute atomic E-state index is 0. The Balaban J connectivity index is 0.00000289. The second kappa shape index (κ2) is 11.1. The molecule has 0 amide bonds. The monoisotopic (exact) mass is 627 g/mol. The molecule has 0 heterocycles. The van der Waals surface area contributed by atoms with Crippen LogP contribution in [0, 0.1) is 45.0 Å². The second-order valence-electron chi connectivity index (χ2n) is 8.84. The van der Waals surface area contributed by atoms with E-state index >= 15 is 0 Å². The van der Waals surface area contributed by atoms with Crippen LogP contribution in [-0.2, 0) is 21.1 Å². The van der Waals surface area contributed by atoms with Crippen molar-refractivity contribution in [2.75, 3.05) is 0 Å². The smallest absolute Gasteiger partial charge is 0.227 e. The van der Waals surface area contributed by atoms with Crippen LogP contribution in [0.5, 0.6) is 0 Å². The molecule has 0 bridgehead atoms. The summed E-state index contributed by atoms with van der Waals surface area (Å²) in [5.41, 5.74) is 11.7. The number of hydrogen-bond donors (Lipinski definition) is 0. The Hall–Kier alpha value is -3.15. The fourth-order valence-corrected chi connectivity index (χ4v) is 4.87. The first kappa shape index (κ1) is 25.0. The van der Waals surface area contributed by atoms with E-state index in [0.717, 1.165) is 33.2 Å². The van der Waals surface area contributed by atoms with Crippen LogP contribution in [0.2, 0.25) is 0 Å². The van der Waals surface area contributed by atoms with E-state index in [4.69, 9.17) is 0 Å². The molecule has 2 heteroatoms. The van der Waals surface area contributed by atoms with Crippen LogP contribution in [0.25, 0.3) is 22.3 Å². The summed E-state index contributed by atoms with van der Waals surface area (Å²) in [5.74, 6) is 0. The van der Waals surface area contributed by atoms with Crippen LogP contribution in [0.3, 0.4) is 0 Å². The molecule has 0 unspecified atom stereocenters. The van der Waals surface area contributed by atoms with Gasteiger partial charge in [0, 0.05) is 0 Å². The molecule has 0 aliphatic heterocycles. The predicted octanol–water partition coefficient (Wildman–Crippen LogP) is 5.66. The maximum Gasteiger partial charge on any atom is 4.00 e. The van der Waals surface area contributed by atoms with E-state index in [2.05, 4.69) is 106 Å². The Labute approximate surface area is 224 Å². The van der Waals surface area contributed by atoms with Crippen LogP contribution in [0.15, 0.2) is 97.1 Å². The van der Waals surface area contributed by atoms with Crippen LogP contribution < -0.4 is 16.4 Å². The Morgan fingerprint density at radius 3 is 1.43 bits per heavy atom. The molecule has 5 aromatic rings. The molecule has 0 fully saturated rings. The van der Waals surface area contributed by atoms with Gasteiger partial charge in [0.25, 0.3) is 0 Å². The van der Waals surface area contributed by atoms with E-state index in [0.29, 0.717) is 0 Å². The van der Waals surface area contributed by atoms with Crippen molar-refractivity contribution < 1.29 is 21.1 Å². The van der Waals surface area contributed by atoms with Gasteiger partial charge in [-0.05, 0) is 20.8 Å². The van der Waals surface area contributed by atoms with Gasteiger partial charge in [-0.25, -0.2) is 22.3 Å². The molecule has 0 saturated carbocycles. The van der Waals surface area contributed by atoms with Gasteiger partial charge >= 0.3 is 21.1 Å². The molecule has 0 radical (unpaired) electrons. The van der Waals surface area contributed by atoms with Crippen LogP contribution in [0.1, 0.15) is 16.7 Å². The largest absolute Gasteiger partial charge is 4.00 e. The van der Waals surface area contributed by atoms with Gasteiger partial charge in [-0.1, -0.05) is 34.3 Å². The number of hydrogen-bond acceptors (Lipinski definition) is 0. The van der Waals surface area contributed by atoms with E-state index in [9.17, 15) is 0 Å². The normalized spacial score (nSPS) is 10.5. The third kappa shape index (κ3) is 5.42. The summed E-state index contributed by atoms with van der Waals surface area (Å²) in [5, 5.41) is 0. The molecule has 35 heavy (non-hydrogen) atoms. The molecule has 5 aromatic carbocycles. The number of aryl methyl sites for hydroxylation is 3. The summed E-state index contributed by atoms with van der Waals surface area (Å²) in [7, 11) is 0. The Morgan fingerprint density at radius 2 is 1.00 bits per heavy atom. The first-order chi connectivity index (χ1) is 16.6. The fourth-order valence-electron chi connectivity index (χ4n) is 4.87. The van der Waals surface area contributed by atoms with Crippen molar-refractivity contribution >= 4 is 23.1 Å². The van der Waals surface area contributed by atoms with Crippen LogP contribution in [0.4, 0.5) is 0 Å². The zero-order valence-corrected chi connectivity index (χ0v) is 22.4. The van der Waals surface area contributed by atoms with Crippen molar-refractivity contribution in [3.8, 4) is 22.3 Å². The molecular weight excluding hydrogens is 602 g/mol. The van der Waals surface area contributed by atoms with Gasteiger partial charge in [0.2, 0.25) is 6.71 Å². The molecule has 0 aliphatic rings. The third-order valence-corrected chi connectivity index (χ3v) is 6.28. The Kier molecular flexibility index (Phi) is 7.89. The van der Waals surface area contributed by atoms with Crippen molar-refractivity contribution in [1.82, 2.24) is 0 Å². The van der Waals surface area contributed by atoms with E-state index < -0.39 is 0 Å². The second-order valence-corrected chi connectivity index (χ2v) is 8.84. The molecule has 0 nitrogen and oxygen atoms in total. The van der Waals surface area contributed by atoms with Gasteiger partial charge in [-0.3, -0.25) is 0 Å². The predicted molar refractivity (Wildman–Crippen MR) is 144 cm³/mol. The third-order valence-electron chi connectivity index (χ3n) is 6.28. The van der Waals surface area contributed by atoms with Crippen LogP contribution >= 0.6 is 0 Å². The van der Waals surface area contributed by atoms with Gasteiger partial charge in [0.1, 0.15) is 0 Å².